The highest BCUT2D eigenvalue weighted by molar-refractivity contribution is 5.97. The van der Waals surface area contributed by atoms with Gasteiger partial charge in [-0.1, -0.05) is 6.92 Å². The Morgan fingerprint density at radius 3 is 2.46 bits per heavy atom. The monoisotopic (exact) mass is 338 g/mol. The number of hydrogen-bond acceptors (Lipinski definition) is 3. The molecule has 1 saturated heterocycles. The van der Waals surface area contributed by atoms with Crippen LogP contribution < -0.4 is 5.32 Å². The Morgan fingerprint density at radius 2 is 1.83 bits per heavy atom. The molecule has 0 unspecified atom stereocenters. The van der Waals surface area contributed by atoms with Crippen molar-refractivity contribution in [3.63, 3.8) is 0 Å². The Bertz CT molecular complexity index is 628. The Labute approximate surface area is 139 Å². The number of amides is 2. The summed E-state index contributed by atoms with van der Waals surface area (Å²) in [6.45, 7) is 1.91. The van der Waals surface area contributed by atoms with Crippen LogP contribution in [0.15, 0.2) is 18.2 Å². The fraction of sp³-hybridized carbons (Fsp3) is 0.471. The maximum atomic E-state index is 13.1. The summed E-state index contributed by atoms with van der Waals surface area (Å²) in [5.74, 6) is -2.84. The van der Waals surface area contributed by atoms with Gasteiger partial charge in [-0.15, -0.1) is 0 Å². The van der Waals surface area contributed by atoms with Gasteiger partial charge in [-0.2, -0.15) is 0 Å². The fourth-order valence-electron chi connectivity index (χ4n) is 2.84. The van der Waals surface area contributed by atoms with Crippen molar-refractivity contribution in [2.24, 2.45) is 0 Å². The van der Waals surface area contributed by atoms with E-state index in [4.69, 9.17) is 0 Å². The van der Waals surface area contributed by atoms with Gasteiger partial charge in [-0.05, 0) is 31.4 Å². The summed E-state index contributed by atoms with van der Waals surface area (Å²) in [5.41, 5.74) is -0.194. The Balaban J connectivity index is 1.98. The molecule has 1 aromatic rings. The number of carbonyl (C=O) groups is 3. The normalized spacial score (nSPS) is 17.5. The lowest BCUT2D eigenvalue weighted by Crippen LogP contribution is -2.51. The van der Waals surface area contributed by atoms with Gasteiger partial charge < -0.3 is 10.2 Å². The summed E-state index contributed by atoms with van der Waals surface area (Å²) in [5, 5.41) is 2.35. The standard InChI is InChI=1S/C17H20F2N2O3/c1-2-15(22)14-5-3-4-6-21(14)16(23)10-20-17(24)11-7-12(18)9-13(19)8-11/h7-9,14H,2-6,10H2,1H3,(H,20,24)/t14-/m1/s1. The zero-order valence-corrected chi connectivity index (χ0v) is 13.5. The highest BCUT2D eigenvalue weighted by atomic mass is 19.1. The van der Waals surface area contributed by atoms with E-state index < -0.39 is 23.6 Å². The largest absolute Gasteiger partial charge is 0.343 e. The second-order valence-electron chi connectivity index (χ2n) is 5.76. The Hall–Kier alpha value is -2.31. The molecule has 24 heavy (non-hydrogen) atoms. The van der Waals surface area contributed by atoms with E-state index in [9.17, 15) is 23.2 Å². The van der Waals surface area contributed by atoms with Crippen molar-refractivity contribution in [3.8, 4) is 0 Å². The predicted octanol–water partition coefficient (Wildman–Crippen LogP) is 2.05. The van der Waals surface area contributed by atoms with Gasteiger partial charge in [0, 0.05) is 24.6 Å². The minimum absolute atomic E-state index is 0.00146. The van der Waals surface area contributed by atoms with Crippen LogP contribution in [0.4, 0.5) is 8.78 Å². The first-order chi connectivity index (χ1) is 11.4. The number of halogens is 2. The van der Waals surface area contributed by atoms with Gasteiger partial charge >= 0.3 is 0 Å². The van der Waals surface area contributed by atoms with Crippen molar-refractivity contribution >= 4 is 17.6 Å². The van der Waals surface area contributed by atoms with Crippen LogP contribution in [0.2, 0.25) is 0 Å². The second-order valence-corrected chi connectivity index (χ2v) is 5.76. The summed E-state index contributed by atoms with van der Waals surface area (Å²) in [4.78, 5) is 37.7. The summed E-state index contributed by atoms with van der Waals surface area (Å²) in [6.07, 6.45) is 2.67. The molecule has 1 heterocycles. The van der Waals surface area contributed by atoms with Crippen LogP contribution in [-0.2, 0) is 9.59 Å². The molecular formula is C17H20F2N2O3. The molecule has 0 radical (unpaired) electrons. The average Bonchev–Trinajstić information content (AvgIpc) is 2.57. The third kappa shape index (κ3) is 4.37. The first-order valence-corrected chi connectivity index (χ1v) is 7.99. The molecule has 1 aromatic carbocycles. The first-order valence-electron chi connectivity index (χ1n) is 7.99. The van der Waals surface area contributed by atoms with Gasteiger partial charge in [0.25, 0.3) is 5.91 Å². The van der Waals surface area contributed by atoms with Crippen molar-refractivity contribution in [2.45, 2.75) is 38.6 Å². The number of piperidine rings is 1. The number of rotatable bonds is 5. The van der Waals surface area contributed by atoms with E-state index >= 15 is 0 Å². The second kappa shape index (κ2) is 7.99. The molecule has 2 rings (SSSR count). The van der Waals surface area contributed by atoms with Crippen LogP contribution in [0.5, 0.6) is 0 Å². The van der Waals surface area contributed by atoms with E-state index in [0.29, 0.717) is 25.5 Å². The molecular weight excluding hydrogens is 318 g/mol. The molecule has 0 aliphatic carbocycles. The van der Waals surface area contributed by atoms with Gasteiger partial charge in [0.05, 0.1) is 12.6 Å². The topological polar surface area (TPSA) is 66.5 Å². The lowest BCUT2D eigenvalue weighted by Gasteiger charge is -2.34. The van der Waals surface area contributed by atoms with E-state index in [2.05, 4.69) is 5.32 Å². The molecule has 7 heteroatoms. The van der Waals surface area contributed by atoms with E-state index in [1.807, 2.05) is 0 Å². The third-order valence-corrected chi connectivity index (χ3v) is 4.07. The molecule has 1 N–H and O–H groups in total. The molecule has 1 fully saturated rings. The summed E-state index contributed by atoms with van der Waals surface area (Å²) < 4.78 is 26.2. The van der Waals surface area contributed by atoms with Gasteiger partial charge in [0.2, 0.25) is 5.91 Å². The van der Waals surface area contributed by atoms with E-state index in [-0.39, 0.29) is 23.8 Å². The average molecular weight is 338 g/mol. The van der Waals surface area contributed by atoms with Gasteiger partial charge in [0.15, 0.2) is 5.78 Å². The highest BCUT2D eigenvalue weighted by Crippen LogP contribution is 2.19. The predicted molar refractivity (Wildman–Crippen MR) is 83.3 cm³/mol. The van der Waals surface area contributed by atoms with Crippen LogP contribution in [0.25, 0.3) is 0 Å². The van der Waals surface area contributed by atoms with E-state index in [0.717, 1.165) is 25.0 Å². The fourth-order valence-corrected chi connectivity index (χ4v) is 2.84. The van der Waals surface area contributed by atoms with Gasteiger partial charge in [0.1, 0.15) is 11.6 Å². The number of Topliss-reactive ketones (excluding diaryl/α,β-unsaturated/α-hetero) is 1. The smallest absolute Gasteiger partial charge is 0.251 e. The number of ketones is 1. The summed E-state index contributed by atoms with van der Waals surface area (Å²) >= 11 is 0. The van der Waals surface area contributed by atoms with Gasteiger partial charge in [-0.3, -0.25) is 14.4 Å². The molecule has 2 amide bonds. The Morgan fingerprint density at radius 1 is 1.17 bits per heavy atom. The summed E-state index contributed by atoms with van der Waals surface area (Å²) in [7, 11) is 0. The maximum Gasteiger partial charge on any atom is 0.251 e. The van der Waals surface area contributed by atoms with Crippen molar-refractivity contribution in [2.75, 3.05) is 13.1 Å². The molecule has 0 bridgehead atoms. The number of nitrogens with zero attached hydrogens (tertiary/aromatic N) is 1. The van der Waals surface area contributed by atoms with E-state index in [1.54, 1.807) is 6.92 Å². The molecule has 1 atom stereocenters. The van der Waals surface area contributed by atoms with Crippen LogP contribution >= 0.6 is 0 Å². The first kappa shape index (κ1) is 18.0. The van der Waals surface area contributed by atoms with Crippen molar-refractivity contribution in [1.82, 2.24) is 10.2 Å². The summed E-state index contributed by atoms with van der Waals surface area (Å²) in [6, 6.07) is 2.01. The van der Waals surface area contributed by atoms with E-state index in [1.165, 1.54) is 4.90 Å². The molecule has 1 aliphatic rings. The number of benzene rings is 1. The maximum absolute atomic E-state index is 13.1. The zero-order chi connectivity index (χ0) is 17.7. The van der Waals surface area contributed by atoms with Crippen molar-refractivity contribution < 1.29 is 23.2 Å². The van der Waals surface area contributed by atoms with Crippen molar-refractivity contribution in [1.29, 1.82) is 0 Å². The van der Waals surface area contributed by atoms with Crippen LogP contribution in [0.1, 0.15) is 43.0 Å². The number of nitrogens with one attached hydrogen (secondary N) is 1. The molecule has 130 valence electrons. The molecule has 0 aromatic heterocycles. The Kier molecular flexibility index (Phi) is 6.00. The minimum Gasteiger partial charge on any atom is -0.343 e. The molecule has 1 aliphatic heterocycles. The number of carbonyl (C=O) groups excluding carboxylic acids is 3. The number of hydrogen-bond donors (Lipinski definition) is 1. The SMILES string of the molecule is CCC(=O)[C@H]1CCCCN1C(=O)CNC(=O)c1cc(F)cc(F)c1. The lowest BCUT2D eigenvalue weighted by molar-refractivity contribution is -0.140. The van der Waals surface area contributed by atoms with Crippen LogP contribution in [0, 0.1) is 11.6 Å². The number of likely N-dealkylation sites (tertiary alicyclic amines) is 1. The minimum atomic E-state index is -0.865. The molecule has 0 saturated carbocycles. The quantitative estimate of drug-likeness (QED) is 0.894. The van der Waals surface area contributed by atoms with Crippen LogP contribution in [-0.4, -0.2) is 41.6 Å². The highest BCUT2D eigenvalue weighted by Gasteiger charge is 2.30. The van der Waals surface area contributed by atoms with Gasteiger partial charge in [-0.25, -0.2) is 8.78 Å². The third-order valence-electron chi connectivity index (χ3n) is 4.07. The van der Waals surface area contributed by atoms with Crippen molar-refractivity contribution in [3.05, 3.63) is 35.4 Å². The molecule has 5 nitrogen and oxygen atoms in total. The van der Waals surface area contributed by atoms with Crippen LogP contribution in [0.3, 0.4) is 0 Å². The lowest BCUT2D eigenvalue weighted by atomic mass is 9.97. The molecule has 0 spiro atoms. The zero-order valence-electron chi connectivity index (χ0n) is 13.5.